The van der Waals surface area contributed by atoms with Crippen LogP contribution < -0.4 is 0 Å². The van der Waals surface area contributed by atoms with E-state index in [9.17, 15) is 4.79 Å². The van der Waals surface area contributed by atoms with Crippen molar-refractivity contribution in [2.24, 2.45) is 5.92 Å². The molecule has 0 aliphatic heterocycles. The quantitative estimate of drug-likeness (QED) is 0.538. The summed E-state index contributed by atoms with van der Waals surface area (Å²) < 4.78 is 4.66. The zero-order chi connectivity index (χ0) is 6.57. The van der Waals surface area contributed by atoms with Crippen molar-refractivity contribution in [1.82, 2.24) is 0 Å². The molecule has 2 nitrogen and oxygen atoms in total. The van der Waals surface area contributed by atoms with Crippen LogP contribution >= 0.6 is 9.47 Å². The average molecular weight is 134 g/mol. The largest absolute Gasteiger partial charge is 0.365 e. The fourth-order valence-electron chi connectivity index (χ4n) is 0.262. The van der Waals surface area contributed by atoms with Crippen molar-refractivity contribution in [3.05, 3.63) is 0 Å². The molecule has 0 aromatic rings. The number of carbonyl (C=O) groups excluding carboxylic acids is 1. The summed E-state index contributed by atoms with van der Waals surface area (Å²) in [5.41, 5.74) is 0. The number of Topliss-reactive ketones (excluding diaryl/α,β-unsaturated/α-hetero) is 1. The van der Waals surface area contributed by atoms with Crippen LogP contribution in [0.25, 0.3) is 0 Å². The molecule has 0 amide bonds. The fourth-order valence-corrected chi connectivity index (χ4v) is 0.550. The van der Waals surface area contributed by atoms with Crippen molar-refractivity contribution in [3.8, 4) is 0 Å². The van der Waals surface area contributed by atoms with E-state index < -0.39 is 0 Å². The maximum Gasteiger partial charge on any atom is 0.134 e. The second-order valence-corrected chi connectivity index (χ2v) is 2.18. The van der Waals surface area contributed by atoms with Crippen LogP contribution in [-0.2, 0) is 9.32 Å². The predicted molar refractivity (Wildman–Crippen MR) is 35.5 cm³/mol. The Bertz CT molecular complexity index is 82.5. The van der Waals surface area contributed by atoms with E-state index in [1.54, 1.807) is 6.92 Å². The van der Waals surface area contributed by atoms with Gasteiger partial charge in [0, 0.05) is 15.4 Å². The minimum absolute atomic E-state index is 0.0347. The van der Waals surface area contributed by atoms with Gasteiger partial charge in [-0.3, -0.25) is 4.79 Å². The van der Waals surface area contributed by atoms with E-state index in [2.05, 4.69) is 14.0 Å². The Morgan fingerprint density at radius 2 is 2.38 bits per heavy atom. The Morgan fingerprint density at radius 3 is 2.50 bits per heavy atom. The topological polar surface area (TPSA) is 26.3 Å². The molecule has 48 valence electrons. The number of rotatable bonds is 3. The standard InChI is InChI=1S/C5H11O2P/c1-4(3-7-8)5(2)6/h4H,3,8H2,1-2H3. The molecule has 0 radical (unpaired) electrons. The molecule has 0 aliphatic rings. The zero-order valence-electron chi connectivity index (χ0n) is 5.18. The molecule has 0 aliphatic carbocycles. The highest BCUT2D eigenvalue weighted by molar-refractivity contribution is 7.09. The first-order valence-electron chi connectivity index (χ1n) is 2.50. The van der Waals surface area contributed by atoms with Gasteiger partial charge in [0.1, 0.15) is 5.78 Å². The van der Waals surface area contributed by atoms with Gasteiger partial charge in [0.15, 0.2) is 0 Å². The maximum absolute atomic E-state index is 10.4. The Balaban J connectivity index is 3.32. The molecule has 0 aromatic carbocycles. The van der Waals surface area contributed by atoms with Crippen molar-refractivity contribution in [2.75, 3.05) is 6.61 Å². The molecule has 0 saturated carbocycles. The van der Waals surface area contributed by atoms with Gasteiger partial charge in [0.05, 0.1) is 6.61 Å². The Kier molecular flexibility index (Phi) is 4.02. The Labute approximate surface area is 51.9 Å². The van der Waals surface area contributed by atoms with Gasteiger partial charge in [-0.2, -0.15) is 0 Å². The van der Waals surface area contributed by atoms with E-state index in [4.69, 9.17) is 0 Å². The lowest BCUT2D eigenvalue weighted by atomic mass is 10.1. The molecule has 2 unspecified atom stereocenters. The molecule has 0 fully saturated rings. The van der Waals surface area contributed by atoms with E-state index in [1.165, 1.54) is 0 Å². The van der Waals surface area contributed by atoms with E-state index in [1.807, 2.05) is 6.92 Å². The van der Waals surface area contributed by atoms with Crippen LogP contribution in [-0.4, -0.2) is 12.4 Å². The summed E-state index contributed by atoms with van der Waals surface area (Å²) in [5.74, 6) is 0.208. The van der Waals surface area contributed by atoms with Crippen molar-refractivity contribution in [1.29, 1.82) is 0 Å². The molecule has 0 heterocycles. The highest BCUT2D eigenvalue weighted by atomic mass is 31.0. The Hall–Kier alpha value is 0.0600. The predicted octanol–water partition coefficient (Wildman–Crippen LogP) is 1.02. The minimum atomic E-state index is 0.0347. The smallest absolute Gasteiger partial charge is 0.134 e. The summed E-state index contributed by atoms with van der Waals surface area (Å²) in [6.07, 6.45) is 0. The van der Waals surface area contributed by atoms with E-state index in [0.29, 0.717) is 6.61 Å². The monoisotopic (exact) mass is 134 g/mol. The van der Waals surface area contributed by atoms with Gasteiger partial charge in [0.2, 0.25) is 0 Å². The minimum Gasteiger partial charge on any atom is -0.365 e. The average Bonchev–Trinajstić information content (AvgIpc) is 1.67. The van der Waals surface area contributed by atoms with E-state index in [0.717, 1.165) is 0 Å². The third-order valence-electron chi connectivity index (χ3n) is 1.04. The number of hydrogen-bond acceptors (Lipinski definition) is 2. The molecule has 8 heavy (non-hydrogen) atoms. The molecule has 0 aromatic heterocycles. The lowest BCUT2D eigenvalue weighted by Crippen LogP contribution is -2.10. The van der Waals surface area contributed by atoms with Crippen molar-refractivity contribution < 1.29 is 9.32 Å². The number of hydrogen-bond donors (Lipinski definition) is 0. The van der Waals surface area contributed by atoms with Gasteiger partial charge in [0.25, 0.3) is 0 Å². The van der Waals surface area contributed by atoms with Crippen LogP contribution in [0.4, 0.5) is 0 Å². The lowest BCUT2D eigenvalue weighted by Gasteiger charge is -2.02. The van der Waals surface area contributed by atoms with E-state index >= 15 is 0 Å². The van der Waals surface area contributed by atoms with Crippen molar-refractivity contribution in [3.63, 3.8) is 0 Å². The van der Waals surface area contributed by atoms with Gasteiger partial charge < -0.3 is 4.52 Å². The zero-order valence-corrected chi connectivity index (χ0v) is 6.33. The van der Waals surface area contributed by atoms with Crippen LogP contribution in [0.2, 0.25) is 0 Å². The Morgan fingerprint density at radius 1 is 1.88 bits per heavy atom. The van der Waals surface area contributed by atoms with Gasteiger partial charge in [-0.05, 0) is 6.92 Å². The lowest BCUT2D eigenvalue weighted by molar-refractivity contribution is -0.120. The molecule has 2 atom stereocenters. The summed E-state index contributed by atoms with van der Waals surface area (Å²) in [5, 5.41) is 0. The summed E-state index contributed by atoms with van der Waals surface area (Å²) in [7, 11) is 2.12. The number of ketones is 1. The maximum atomic E-state index is 10.4. The number of carbonyl (C=O) groups is 1. The van der Waals surface area contributed by atoms with Gasteiger partial charge >= 0.3 is 0 Å². The molecule has 3 heteroatoms. The molecular formula is C5H11O2P. The van der Waals surface area contributed by atoms with Crippen LogP contribution in [0.1, 0.15) is 13.8 Å². The molecule has 0 saturated heterocycles. The van der Waals surface area contributed by atoms with Crippen molar-refractivity contribution >= 4 is 15.2 Å². The molecule has 0 spiro atoms. The third-order valence-corrected chi connectivity index (χ3v) is 1.23. The normalized spacial score (nSPS) is 13.4. The fraction of sp³-hybridized carbons (Fsp3) is 0.800. The summed E-state index contributed by atoms with van der Waals surface area (Å²) >= 11 is 0. The molecular weight excluding hydrogens is 123 g/mol. The molecule has 0 bridgehead atoms. The molecule has 0 N–H and O–H groups in total. The summed E-state index contributed by atoms with van der Waals surface area (Å²) in [6.45, 7) is 3.90. The molecule has 0 rings (SSSR count). The second-order valence-electron chi connectivity index (χ2n) is 1.85. The van der Waals surface area contributed by atoms with Crippen LogP contribution in [0.3, 0.4) is 0 Å². The van der Waals surface area contributed by atoms with Crippen LogP contribution in [0, 0.1) is 5.92 Å². The van der Waals surface area contributed by atoms with Gasteiger partial charge in [-0.15, -0.1) is 0 Å². The van der Waals surface area contributed by atoms with Gasteiger partial charge in [-0.25, -0.2) is 0 Å². The summed E-state index contributed by atoms with van der Waals surface area (Å²) in [6, 6.07) is 0. The first-order chi connectivity index (χ1) is 3.68. The highest BCUT2D eigenvalue weighted by Gasteiger charge is 2.04. The SMILES string of the molecule is CC(=O)C(C)COP. The van der Waals surface area contributed by atoms with E-state index in [-0.39, 0.29) is 11.7 Å². The first kappa shape index (κ1) is 8.06. The van der Waals surface area contributed by atoms with Crippen LogP contribution in [0.5, 0.6) is 0 Å². The third kappa shape index (κ3) is 3.11. The van der Waals surface area contributed by atoms with Crippen molar-refractivity contribution in [2.45, 2.75) is 13.8 Å². The highest BCUT2D eigenvalue weighted by Crippen LogP contribution is 1.98. The second kappa shape index (κ2) is 3.99. The first-order valence-corrected chi connectivity index (χ1v) is 2.97. The van der Waals surface area contributed by atoms with Crippen LogP contribution in [0.15, 0.2) is 0 Å². The summed E-state index contributed by atoms with van der Waals surface area (Å²) in [4.78, 5) is 10.4. The van der Waals surface area contributed by atoms with Gasteiger partial charge in [-0.1, -0.05) is 6.92 Å².